The van der Waals surface area contributed by atoms with Gasteiger partial charge >= 0.3 is 41.4 Å². The number of aromatic nitrogens is 12. The molecule has 6 aliphatic rings. The van der Waals surface area contributed by atoms with Crippen molar-refractivity contribution in [3.8, 4) is 17.6 Å². The highest BCUT2D eigenvalue weighted by molar-refractivity contribution is 7.49. The first kappa shape index (κ1) is 80.5. The van der Waals surface area contributed by atoms with Crippen LogP contribution in [-0.2, 0) is 97.2 Å². The van der Waals surface area contributed by atoms with E-state index < -0.39 is 95.6 Å². The number of phosphoric acid groups is 3. The maximum atomic E-state index is 13.0. The van der Waals surface area contributed by atoms with Crippen molar-refractivity contribution < 1.29 is 127 Å². The molecule has 0 amide bonds. The smallest absolute Gasteiger partial charge is 0.475 e. The Balaban J connectivity index is 0.000000169. The van der Waals surface area contributed by atoms with Gasteiger partial charge in [0, 0.05) is 19.3 Å². The molecule has 6 aromatic rings. The van der Waals surface area contributed by atoms with Crippen LogP contribution >= 0.6 is 23.5 Å². The lowest BCUT2D eigenvalue weighted by Gasteiger charge is -2.35. The molecular weight excluding hydrogens is 1460 g/mol. The summed E-state index contributed by atoms with van der Waals surface area (Å²) in [5, 5.41) is 34.2. The molecule has 0 bridgehead atoms. The number of nitrogen functional groups attached to an aromatic ring is 3. The maximum Gasteiger partial charge on any atom is 0.475 e. The average Bonchev–Trinajstić information content (AvgIpc) is 1.59. The predicted molar refractivity (Wildman–Crippen MR) is 361 cm³/mol. The number of carbonyl (C=O) groups excluding carboxylic acids is 3. The Bertz CT molecular complexity index is 3790. The number of esters is 3. The zero-order valence-corrected chi connectivity index (χ0v) is 62.5. The van der Waals surface area contributed by atoms with Gasteiger partial charge in [-0.2, -0.15) is 29.9 Å². The van der Waals surface area contributed by atoms with Crippen molar-refractivity contribution in [2.45, 2.75) is 212 Å². The highest BCUT2D eigenvalue weighted by atomic mass is 31.2. The molecule has 6 aromatic heterocycles. The van der Waals surface area contributed by atoms with Crippen LogP contribution < -0.4 is 31.4 Å². The van der Waals surface area contributed by atoms with Gasteiger partial charge in [0.2, 0.25) is 35.5 Å². The molecule has 0 aliphatic carbocycles. The first-order valence-electron chi connectivity index (χ1n) is 33.9. The van der Waals surface area contributed by atoms with E-state index in [9.17, 15) is 43.4 Å². The third-order valence-electron chi connectivity index (χ3n) is 16.3. The third kappa shape index (κ3) is 18.4. The van der Waals surface area contributed by atoms with E-state index in [1.165, 1.54) is 53.5 Å². The van der Waals surface area contributed by atoms with E-state index in [4.69, 9.17) is 101 Å². The van der Waals surface area contributed by atoms with E-state index in [1.807, 2.05) is 0 Å². The monoisotopic (exact) mass is 1550 g/mol. The normalized spacial score (nSPS) is 30.5. The van der Waals surface area contributed by atoms with Gasteiger partial charge in [-0.3, -0.25) is 68.8 Å². The summed E-state index contributed by atoms with van der Waals surface area (Å²) in [6.45, 7) is 20.8. The van der Waals surface area contributed by atoms with Gasteiger partial charge in [0.15, 0.2) is 52.2 Å². The van der Waals surface area contributed by atoms with Gasteiger partial charge in [-0.1, -0.05) is 0 Å². The molecule has 1 unspecified atom stereocenters. The van der Waals surface area contributed by atoms with Gasteiger partial charge < -0.3 is 75.2 Å². The van der Waals surface area contributed by atoms with E-state index in [-0.39, 0.29) is 150 Å². The number of phosphoric ester groups is 3. The van der Waals surface area contributed by atoms with Gasteiger partial charge in [0.25, 0.3) is 0 Å². The van der Waals surface area contributed by atoms with E-state index in [0.717, 1.165) is 0 Å². The standard InChI is InChI=1S/3C20H30N5O9P/c3*1-5-29-17-14-16(23-19(21)24-17)25(10-22-14)18-20(4,27)15-12(33-18)9-31-35(28,34-15)30-8-6-7-13(26)32-11(2)3/h3*10-12,15,18,27H,5-9H2,1-4H3,(H2,21,23,24)/t12-,15-,18-,20-,35?;12-,15-,18-,20-,35+;12-,15-,18-,20-,35-/m111/s1. The lowest BCUT2D eigenvalue weighted by atomic mass is 9.96. The quantitative estimate of drug-likeness (QED) is 0.0167. The number of nitrogens with two attached hydrogens (primary N) is 3. The number of hydrogen-bond donors (Lipinski definition) is 6. The van der Waals surface area contributed by atoms with Crippen molar-refractivity contribution in [3.05, 3.63) is 19.0 Å². The van der Waals surface area contributed by atoms with Crippen molar-refractivity contribution in [1.82, 2.24) is 58.6 Å². The molecule has 15 atom stereocenters. The van der Waals surface area contributed by atoms with Gasteiger partial charge in [-0.25, -0.2) is 28.6 Å². The van der Waals surface area contributed by atoms with Crippen LogP contribution in [0.3, 0.4) is 0 Å². The molecule has 0 saturated carbocycles. The first-order valence-corrected chi connectivity index (χ1v) is 38.3. The van der Waals surface area contributed by atoms with Crippen molar-refractivity contribution in [2.75, 3.05) is 76.7 Å². The summed E-state index contributed by atoms with van der Waals surface area (Å²) in [5.41, 5.74) is 14.4. The van der Waals surface area contributed by atoms with Crippen LogP contribution in [0.2, 0.25) is 0 Å². The lowest BCUT2D eigenvalue weighted by molar-refractivity contribution is -0.148. The van der Waals surface area contributed by atoms with Gasteiger partial charge in [0.05, 0.1) is 96.8 Å². The van der Waals surface area contributed by atoms with Gasteiger partial charge in [-0.05, 0) is 102 Å². The minimum Gasteiger partial charge on any atom is -0.476 e. The SMILES string of the molecule is CCOc1nc(N)nc2c1ncn2[C@@H]1O[C@@H]2COP(=O)(OCCCC(=O)OC(C)C)O[C@H]2[C@@]1(C)O.CCOc1nc(N)nc2c1ncn2[C@@H]1O[C@@H]2CO[P@@](=O)(OCCCC(=O)OC(C)C)O[C@H]2[C@@]1(C)O.CCOc1nc(N)nc2c1ncn2[C@@H]1O[C@@H]2CO[P@](=O)(OCCCC(=O)OC(C)C)O[C@H]2[C@@]1(C)O. The molecule has 42 nitrogen and oxygen atoms in total. The number of imidazole rings is 3. The molecular formula is C60H90N15O27P3. The molecule has 45 heteroatoms. The summed E-state index contributed by atoms with van der Waals surface area (Å²) < 4.78 is 142. The minimum absolute atomic E-state index is 0.0347. The Morgan fingerprint density at radius 3 is 0.971 bits per heavy atom. The summed E-state index contributed by atoms with van der Waals surface area (Å²) >= 11 is 0. The molecule has 12 rings (SSSR count). The number of nitrogens with zero attached hydrogens (tertiary/aromatic N) is 12. The topological polar surface area (TPSA) is 538 Å². The van der Waals surface area contributed by atoms with Crippen LogP contribution in [0.25, 0.3) is 33.5 Å². The van der Waals surface area contributed by atoms with E-state index in [2.05, 4.69) is 44.9 Å². The fraction of sp³-hybridized carbons (Fsp3) is 0.700. The number of rotatable bonds is 27. The van der Waals surface area contributed by atoms with Crippen molar-refractivity contribution in [2.24, 2.45) is 0 Å². The number of anilines is 3. The molecule has 6 aliphatic heterocycles. The molecule has 0 aromatic carbocycles. The molecule has 0 radical (unpaired) electrons. The summed E-state index contributed by atoms with van der Waals surface area (Å²) in [4.78, 5) is 72.7. The van der Waals surface area contributed by atoms with Crippen molar-refractivity contribution >= 4 is 92.7 Å². The van der Waals surface area contributed by atoms with Crippen molar-refractivity contribution in [1.29, 1.82) is 0 Å². The average molecular weight is 1550 g/mol. The molecule has 12 heterocycles. The van der Waals surface area contributed by atoms with Crippen LogP contribution in [0.5, 0.6) is 17.6 Å². The lowest BCUT2D eigenvalue weighted by Crippen LogP contribution is -2.47. The second-order valence-electron chi connectivity index (χ2n) is 25.9. The molecule has 582 valence electrons. The Hall–Kier alpha value is -7.05. The van der Waals surface area contributed by atoms with Crippen LogP contribution in [-0.4, -0.2) is 223 Å². The summed E-state index contributed by atoms with van der Waals surface area (Å²) in [6, 6.07) is 0. The third-order valence-corrected chi connectivity index (χ3v) is 20.7. The predicted octanol–water partition coefficient (Wildman–Crippen LogP) is 5.18. The highest BCUT2D eigenvalue weighted by Crippen LogP contribution is 2.62. The summed E-state index contributed by atoms with van der Waals surface area (Å²) in [7, 11) is -12.0. The van der Waals surface area contributed by atoms with E-state index >= 15 is 0 Å². The van der Waals surface area contributed by atoms with Crippen LogP contribution in [0.4, 0.5) is 17.8 Å². The number of carbonyl (C=O) groups is 3. The Labute approximate surface area is 601 Å². The Morgan fingerprint density at radius 2 is 0.733 bits per heavy atom. The van der Waals surface area contributed by atoms with E-state index in [1.54, 1.807) is 62.3 Å². The zero-order valence-electron chi connectivity index (χ0n) is 59.8. The fourth-order valence-electron chi connectivity index (χ4n) is 11.9. The molecule has 105 heavy (non-hydrogen) atoms. The van der Waals surface area contributed by atoms with Crippen LogP contribution in [0, 0.1) is 0 Å². The van der Waals surface area contributed by atoms with Gasteiger partial charge in [-0.15, -0.1) is 0 Å². The van der Waals surface area contributed by atoms with Crippen molar-refractivity contribution in [3.63, 3.8) is 0 Å². The number of aliphatic hydroxyl groups is 3. The maximum absolute atomic E-state index is 13.0. The number of hydrogen-bond acceptors (Lipinski definition) is 39. The number of ether oxygens (including phenoxy) is 9. The van der Waals surface area contributed by atoms with E-state index in [0.29, 0.717) is 53.3 Å². The largest absolute Gasteiger partial charge is 0.476 e. The fourth-order valence-corrected chi connectivity index (χ4v) is 16.4. The molecule has 6 fully saturated rings. The highest BCUT2D eigenvalue weighted by Gasteiger charge is 2.63. The second kappa shape index (κ2) is 33.2. The summed E-state index contributed by atoms with van der Waals surface area (Å²) in [6.07, 6.45) is -3.76. The van der Waals surface area contributed by atoms with Crippen LogP contribution in [0.1, 0.15) is 140 Å². The summed E-state index contributed by atoms with van der Waals surface area (Å²) in [5.74, 6) is -0.631. The molecule has 6 saturated heterocycles. The second-order valence-corrected chi connectivity index (χ2v) is 30.8. The number of fused-ring (bicyclic) bond motifs is 6. The van der Waals surface area contributed by atoms with Crippen LogP contribution in [0.15, 0.2) is 19.0 Å². The molecule has 0 spiro atoms. The molecule has 9 N–H and O–H groups in total. The first-order chi connectivity index (χ1) is 49.6. The van der Waals surface area contributed by atoms with Gasteiger partial charge in [0.1, 0.15) is 53.4 Å². The zero-order chi connectivity index (χ0) is 76.1. The Kier molecular flexibility index (Phi) is 25.5. The Morgan fingerprint density at radius 1 is 0.476 bits per heavy atom. The minimum atomic E-state index is -4.01.